The fourth-order valence-corrected chi connectivity index (χ4v) is 3.43. The Morgan fingerprint density at radius 1 is 0.971 bits per heavy atom. The lowest BCUT2D eigenvalue weighted by Gasteiger charge is -2.12. The van der Waals surface area contributed by atoms with Crippen molar-refractivity contribution >= 4 is 39.8 Å². The molecule has 0 saturated heterocycles. The van der Waals surface area contributed by atoms with E-state index in [0.717, 1.165) is 11.5 Å². The number of benzene rings is 3. The Bertz CT molecular complexity index is 1390. The molecule has 2 N–H and O–H groups in total. The molecule has 2 amide bonds. The average Bonchev–Trinajstić information content (AvgIpc) is 3.30. The van der Waals surface area contributed by atoms with E-state index in [1.165, 1.54) is 25.3 Å². The number of ether oxygens (including phenoxy) is 2. The van der Waals surface area contributed by atoms with Crippen LogP contribution in [0.25, 0.3) is 11.0 Å². The highest BCUT2D eigenvalue weighted by Crippen LogP contribution is 2.31. The number of furan rings is 1. The monoisotopic (exact) mass is 475 g/mol. The average molecular weight is 475 g/mol. The van der Waals surface area contributed by atoms with E-state index in [2.05, 4.69) is 10.6 Å². The third kappa shape index (κ3) is 5.06. The number of anilines is 2. The third-order valence-corrected chi connectivity index (χ3v) is 5.07. The van der Waals surface area contributed by atoms with Gasteiger partial charge in [-0.15, -0.1) is 0 Å². The molecule has 0 aliphatic heterocycles. The predicted octanol–water partition coefficient (Wildman–Crippen LogP) is 5.25. The van der Waals surface area contributed by atoms with Gasteiger partial charge in [-0.2, -0.15) is 0 Å². The summed E-state index contributed by atoms with van der Waals surface area (Å²) in [5.41, 5.74) is 1.11. The SMILES string of the molecule is CCOc1ccc(C(=O)Nc2ccc(NC(=O)c3cc4ccccc4o3)c(OC)c2)cc1[N+](=O)[O-]. The molecule has 0 radical (unpaired) electrons. The molecular weight excluding hydrogens is 454 g/mol. The second-order valence-electron chi connectivity index (χ2n) is 7.34. The van der Waals surface area contributed by atoms with Gasteiger partial charge in [0, 0.05) is 28.8 Å². The molecule has 178 valence electrons. The zero-order valence-corrected chi connectivity index (χ0v) is 18.9. The predicted molar refractivity (Wildman–Crippen MR) is 129 cm³/mol. The minimum absolute atomic E-state index is 0.0836. The van der Waals surface area contributed by atoms with Gasteiger partial charge >= 0.3 is 5.69 Å². The van der Waals surface area contributed by atoms with E-state index in [4.69, 9.17) is 13.9 Å². The summed E-state index contributed by atoms with van der Waals surface area (Å²) in [6, 6.07) is 17.5. The van der Waals surface area contributed by atoms with Crippen molar-refractivity contribution in [3.8, 4) is 11.5 Å². The molecule has 35 heavy (non-hydrogen) atoms. The highest BCUT2D eigenvalue weighted by atomic mass is 16.6. The van der Waals surface area contributed by atoms with Gasteiger partial charge in [0.2, 0.25) is 0 Å². The maximum absolute atomic E-state index is 12.7. The van der Waals surface area contributed by atoms with E-state index < -0.39 is 16.7 Å². The van der Waals surface area contributed by atoms with E-state index in [1.807, 2.05) is 18.2 Å². The molecule has 1 aromatic heterocycles. The summed E-state index contributed by atoms with van der Waals surface area (Å²) in [5.74, 6) is -0.497. The van der Waals surface area contributed by atoms with Crippen molar-refractivity contribution in [2.45, 2.75) is 6.92 Å². The molecule has 0 fully saturated rings. The first-order valence-corrected chi connectivity index (χ1v) is 10.6. The summed E-state index contributed by atoms with van der Waals surface area (Å²) in [5, 5.41) is 17.5. The standard InChI is InChI=1S/C25H21N3O7/c1-3-34-21-11-8-16(12-19(21)28(31)32)24(29)26-17-9-10-18(22(14-17)33-2)27-25(30)23-13-15-6-4-5-7-20(15)35-23/h4-14H,3H2,1-2H3,(H,26,29)(H,27,30). The molecule has 0 bridgehead atoms. The second-order valence-corrected chi connectivity index (χ2v) is 7.34. The van der Waals surface area contributed by atoms with Crippen LogP contribution in [0.1, 0.15) is 27.8 Å². The number of nitro benzene ring substituents is 1. The van der Waals surface area contributed by atoms with Gasteiger partial charge in [0.15, 0.2) is 11.5 Å². The number of carbonyl (C=O) groups excluding carboxylic acids is 2. The maximum Gasteiger partial charge on any atom is 0.311 e. The molecule has 0 aliphatic carbocycles. The summed E-state index contributed by atoms with van der Waals surface area (Å²) in [6.07, 6.45) is 0. The van der Waals surface area contributed by atoms with Crippen molar-refractivity contribution in [3.05, 3.63) is 88.2 Å². The van der Waals surface area contributed by atoms with E-state index in [0.29, 0.717) is 22.7 Å². The van der Waals surface area contributed by atoms with Crippen LogP contribution in [0.15, 0.2) is 71.1 Å². The Hall–Kier alpha value is -4.86. The van der Waals surface area contributed by atoms with Gasteiger partial charge in [-0.05, 0) is 43.3 Å². The zero-order chi connectivity index (χ0) is 24.9. The van der Waals surface area contributed by atoms with Gasteiger partial charge in [-0.3, -0.25) is 19.7 Å². The Morgan fingerprint density at radius 3 is 2.49 bits per heavy atom. The van der Waals surface area contributed by atoms with Gasteiger partial charge in [0.25, 0.3) is 11.8 Å². The van der Waals surface area contributed by atoms with Crippen LogP contribution in [0.3, 0.4) is 0 Å². The van der Waals surface area contributed by atoms with Crippen LogP contribution in [0.4, 0.5) is 17.1 Å². The van der Waals surface area contributed by atoms with E-state index >= 15 is 0 Å². The number of hydrogen-bond donors (Lipinski definition) is 2. The summed E-state index contributed by atoms with van der Waals surface area (Å²) in [4.78, 5) is 36.1. The van der Waals surface area contributed by atoms with Crippen LogP contribution in [-0.2, 0) is 0 Å². The lowest BCUT2D eigenvalue weighted by atomic mass is 10.1. The molecule has 3 aromatic carbocycles. The summed E-state index contributed by atoms with van der Waals surface area (Å²) in [6.45, 7) is 1.96. The second kappa shape index (κ2) is 9.96. The molecule has 0 spiro atoms. The summed E-state index contributed by atoms with van der Waals surface area (Å²) < 4.78 is 16.2. The van der Waals surface area contributed by atoms with Crippen LogP contribution >= 0.6 is 0 Å². The van der Waals surface area contributed by atoms with Crippen LogP contribution < -0.4 is 20.1 Å². The van der Waals surface area contributed by atoms with Crippen LogP contribution in [0.5, 0.6) is 11.5 Å². The van der Waals surface area contributed by atoms with Crippen molar-refractivity contribution in [2.75, 3.05) is 24.4 Å². The molecule has 0 atom stereocenters. The molecular formula is C25H21N3O7. The quantitative estimate of drug-likeness (QED) is 0.262. The number of rotatable bonds is 8. The van der Waals surface area contributed by atoms with Crippen molar-refractivity contribution in [1.29, 1.82) is 0 Å². The van der Waals surface area contributed by atoms with Crippen molar-refractivity contribution in [3.63, 3.8) is 0 Å². The van der Waals surface area contributed by atoms with Gasteiger partial charge in [-0.1, -0.05) is 18.2 Å². The normalized spacial score (nSPS) is 10.6. The molecule has 4 aromatic rings. The van der Waals surface area contributed by atoms with Gasteiger partial charge in [0.1, 0.15) is 11.3 Å². The number of methoxy groups -OCH3 is 1. The van der Waals surface area contributed by atoms with Gasteiger partial charge < -0.3 is 24.5 Å². The maximum atomic E-state index is 12.7. The fourth-order valence-electron chi connectivity index (χ4n) is 3.43. The first kappa shape index (κ1) is 23.3. The first-order valence-electron chi connectivity index (χ1n) is 10.6. The molecule has 10 nitrogen and oxygen atoms in total. The van der Waals surface area contributed by atoms with E-state index in [9.17, 15) is 19.7 Å². The van der Waals surface area contributed by atoms with E-state index in [-0.39, 0.29) is 29.4 Å². The van der Waals surface area contributed by atoms with Gasteiger partial charge in [-0.25, -0.2) is 0 Å². The number of nitrogens with one attached hydrogen (secondary N) is 2. The number of nitro groups is 1. The lowest BCUT2D eigenvalue weighted by molar-refractivity contribution is -0.385. The summed E-state index contributed by atoms with van der Waals surface area (Å²) >= 11 is 0. The Balaban J connectivity index is 1.51. The van der Waals surface area contributed by atoms with Crippen LogP contribution in [-0.4, -0.2) is 30.5 Å². The van der Waals surface area contributed by atoms with Crippen LogP contribution in [0.2, 0.25) is 0 Å². The van der Waals surface area contributed by atoms with Gasteiger partial charge in [0.05, 0.1) is 24.3 Å². The Labute approximate surface area is 199 Å². The highest BCUT2D eigenvalue weighted by molar-refractivity contribution is 6.07. The number of para-hydroxylation sites is 1. The van der Waals surface area contributed by atoms with Crippen molar-refractivity contribution < 1.29 is 28.4 Å². The minimum atomic E-state index is -0.607. The fraction of sp³-hybridized carbons (Fsp3) is 0.120. The molecule has 0 saturated carbocycles. The molecule has 0 unspecified atom stereocenters. The first-order chi connectivity index (χ1) is 16.9. The molecule has 0 aliphatic rings. The van der Waals surface area contributed by atoms with Crippen molar-refractivity contribution in [2.24, 2.45) is 0 Å². The minimum Gasteiger partial charge on any atom is -0.494 e. The molecule has 4 rings (SSSR count). The Kier molecular flexibility index (Phi) is 6.63. The topological polar surface area (TPSA) is 133 Å². The number of fused-ring (bicyclic) bond motifs is 1. The number of carbonyl (C=O) groups is 2. The lowest BCUT2D eigenvalue weighted by Crippen LogP contribution is -2.14. The smallest absolute Gasteiger partial charge is 0.311 e. The molecule has 10 heteroatoms. The summed E-state index contributed by atoms with van der Waals surface area (Å²) in [7, 11) is 1.42. The van der Waals surface area contributed by atoms with E-state index in [1.54, 1.807) is 31.2 Å². The third-order valence-electron chi connectivity index (χ3n) is 5.07. The highest BCUT2D eigenvalue weighted by Gasteiger charge is 2.20. The Morgan fingerprint density at radius 2 is 1.77 bits per heavy atom. The number of nitrogens with zero attached hydrogens (tertiary/aromatic N) is 1. The number of hydrogen-bond acceptors (Lipinski definition) is 7. The largest absolute Gasteiger partial charge is 0.494 e. The number of amides is 2. The zero-order valence-electron chi connectivity index (χ0n) is 18.9. The van der Waals surface area contributed by atoms with Crippen molar-refractivity contribution in [1.82, 2.24) is 0 Å². The van der Waals surface area contributed by atoms with Crippen LogP contribution in [0, 0.1) is 10.1 Å². The molecule has 1 heterocycles.